The highest BCUT2D eigenvalue weighted by Gasteiger charge is 2.28. The van der Waals surface area contributed by atoms with E-state index >= 15 is 0 Å². The van der Waals surface area contributed by atoms with Crippen molar-refractivity contribution in [3.63, 3.8) is 0 Å². The highest BCUT2D eigenvalue weighted by Crippen LogP contribution is 2.21. The van der Waals surface area contributed by atoms with E-state index in [9.17, 15) is 9.90 Å². The fraction of sp³-hybridized carbons (Fsp3) is 0.455. The second kappa shape index (κ2) is 5.05. The number of carbonyl (C=O) groups is 1. The molecule has 5 nitrogen and oxygen atoms in total. The molecule has 86 valence electrons. The summed E-state index contributed by atoms with van der Waals surface area (Å²) >= 11 is 0. The Morgan fingerprint density at radius 2 is 2.00 bits per heavy atom. The number of pyridine rings is 1. The number of aliphatic carboxylic acids is 1. The average molecular weight is 222 g/mol. The van der Waals surface area contributed by atoms with Crippen molar-refractivity contribution in [2.24, 2.45) is 0 Å². The molecule has 0 aromatic carbocycles. The standard InChI is InChI=1S/C11H14N2O3/c14-11(15)10(9-1-3-12-4-2-9)13-5-7-16-8-6-13/h1-4,10H,5-8H2,(H,14,15)/t10-/m1/s1. The van der Waals surface area contributed by atoms with Crippen LogP contribution in [-0.2, 0) is 9.53 Å². The topological polar surface area (TPSA) is 62.7 Å². The Balaban J connectivity index is 2.20. The van der Waals surface area contributed by atoms with Gasteiger partial charge in [-0.1, -0.05) is 0 Å². The molecule has 1 aliphatic heterocycles. The summed E-state index contributed by atoms with van der Waals surface area (Å²) in [4.78, 5) is 17.1. The Kier molecular flexibility index (Phi) is 3.48. The van der Waals surface area contributed by atoms with Crippen molar-refractivity contribution in [1.82, 2.24) is 9.88 Å². The summed E-state index contributed by atoms with van der Waals surface area (Å²) in [6.07, 6.45) is 3.23. The molecule has 0 radical (unpaired) electrons. The van der Waals surface area contributed by atoms with E-state index in [-0.39, 0.29) is 0 Å². The minimum absolute atomic E-state index is 0.591. The third-order valence-corrected chi connectivity index (χ3v) is 2.67. The van der Waals surface area contributed by atoms with Gasteiger partial charge in [0.15, 0.2) is 0 Å². The second-order valence-corrected chi connectivity index (χ2v) is 3.67. The Labute approximate surface area is 93.7 Å². The van der Waals surface area contributed by atoms with Gasteiger partial charge in [0, 0.05) is 25.5 Å². The van der Waals surface area contributed by atoms with Crippen LogP contribution in [0.3, 0.4) is 0 Å². The first-order valence-electron chi connectivity index (χ1n) is 5.23. The number of morpholine rings is 1. The molecular formula is C11H14N2O3. The number of ether oxygens (including phenoxy) is 1. The SMILES string of the molecule is O=C(O)[C@@H](c1ccncc1)N1CCOCC1. The van der Waals surface area contributed by atoms with Gasteiger partial charge in [0.2, 0.25) is 0 Å². The number of carboxylic acid groups (broad SMARTS) is 1. The van der Waals surface area contributed by atoms with E-state index in [0.717, 1.165) is 5.56 Å². The molecule has 1 atom stereocenters. The van der Waals surface area contributed by atoms with E-state index in [1.807, 2.05) is 4.90 Å². The molecule has 0 unspecified atom stereocenters. The first-order chi connectivity index (χ1) is 7.79. The second-order valence-electron chi connectivity index (χ2n) is 3.67. The van der Waals surface area contributed by atoms with E-state index in [2.05, 4.69) is 4.98 Å². The quantitative estimate of drug-likeness (QED) is 0.808. The van der Waals surface area contributed by atoms with E-state index in [1.54, 1.807) is 24.5 Å². The van der Waals surface area contributed by atoms with Crippen LogP contribution in [0.15, 0.2) is 24.5 Å². The lowest BCUT2D eigenvalue weighted by Gasteiger charge is -2.31. The molecule has 5 heteroatoms. The van der Waals surface area contributed by atoms with Crippen molar-refractivity contribution in [3.05, 3.63) is 30.1 Å². The molecule has 16 heavy (non-hydrogen) atoms. The van der Waals surface area contributed by atoms with Crippen LogP contribution < -0.4 is 0 Å². The van der Waals surface area contributed by atoms with Crippen LogP contribution in [-0.4, -0.2) is 47.3 Å². The first kappa shape index (κ1) is 11.0. The Morgan fingerprint density at radius 3 is 2.56 bits per heavy atom. The van der Waals surface area contributed by atoms with Crippen LogP contribution >= 0.6 is 0 Å². The van der Waals surface area contributed by atoms with Crippen molar-refractivity contribution < 1.29 is 14.6 Å². The zero-order valence-corrected chi connectivity index (χ0v) is 8.87. The molecule has 0 amide bonds. The zero-order valence-electron chi connectivity index (χ0n) is 8.87. The predicted molar refractivity (Wildman–Crippen MR) is 57.0 cm³/mol. The van der Waals surface area contributed by atoms with Gasteiger partial charge >= 0.3 is 5.97 Å². The van der Waals surface area contributed by atoms with Gasteiger partial charge in [-0.3, -0.25) is 14.7 Å². The smallest absolute Gasteiger partial charge is 0.325 e. The van der Waals surface area contributed by atoms with Crippen molar-refractivity contribution in [2.75, 3.05) is 26.3 Å². The third-order valence-electron chi connectivity index (χ3n) is 2.67. The zero-order chi connectivity index (χ0) is 11.4. The summed E-state index contributed by atoms with van der Waals surface area (Å²) in [5.74, 6) is -0.826. The van der Waals surface area contributed by atoms with Gasteiger partial charge in [0.25, 0.3) is 0 Å². The van der Waals surface area contributed by atoms with Crippen molar-refractivity contribution in [2.45, 2.75) is 6.04 Å². The van der Waals surface area contributed by atoms with Crippen molar-refractivity contribution >= 4 is 5.97 Å². The Morgan fingerprint density at radius 1 is 1.38 bits per heavy atom. The summed E-state index contributed by atoms with van der Waals surface area (Å²) in [5, 5.41) is 9.28. The molecular weight excluding hydrogens is 208 g/mol. The molecule has 1 aromatic rings. The van der Waals surface area contributed by atoms with Crippen molar-refractivity contribution in [1.29, 1.82) is 0 Å². The number of hydrogen-bond acceptors (Lipinski definition) is 4. The summed E-state index contributed by atoms with van der Waals surface area (Å²) in [6.45, 7) is 2.49. The van der Waals surface area contributed by atoms with Crippen molar-refractivity contribution in [3.8, 4) is 0 Å². The fourth-order valence-electron chi connectivity index (χ4n) is 1.89. The number of aromatic nitrogens is 1. The molecule has 1 aromatic heterocycles. The van der Waals surface area contributed by atoms with E-state index in [0.29, 0.717) is 26.3 Å². The van der Waals surface area contributed by atoms with E-state index < -0.39 is 12.0 Å². The summed E-state index contributed by atoms with van der Waals surface area (Å²) in [7, 11) is 0. The molecule has 0 aliphatic carbocycles. The molecule has 0 spiro atoms. The minimum atomic E-state index is -0.826. The van der Waals surface area contributed by atoms with Crippen LogP contribution in [0, 0.1) is 0 Å². The number of rotatable bonds is 3. The van der Waals surface area contributed by atoms with Crippen LogP contribution in [0.5, 0.6) is 0 Å². The summed E-state index contributed by atoms with van der Waals surface area (Å²) in [5.41, 5.74) is 0.768. The molecule has 2 heterocycles. The van der Waals surface area contributed by atoms with E-state index in [1.165, 1.54) is 0 Å². The maximum atomic E-state index is 11.3. The van der Waals surface area contributed by atoms with Gasteiger partial charge in [-0.05, 0) is 17.7 Å². The molecule has 1 saturated heterocycles. The molecule has 1 fully saturated rings. The maximum absolute atomic E-state index is 11.3. The van der Waals surface area contributed by atoms with Crippen LogP contribution in [0.1, 0.15) is 11.6 Å². The van der Waals surface area contributed by atoms with Gasteiger partial charge < -0.3 is 9.84 Å². The first-order valence-corrected chi connectivity index (χ1v) is 5.23. The Hall–Kier alpha value is -1.46. The Bertz CT molecular complexity index is 350. The monoisotopic (exact) mass is 222 g/mol. The lowest BCUT2D eigenvalue weighted by molar-refractivity contribution is -0.145. The van der Waals surface area contributed by atoms with Gasteiger partial charge in [0.1, 0.15) is 6.04 Å². The highest BCUT2D eigenvalue weighted by atomic mass is 16.5. The molecule has 0 saturated carbocycles. The third kappa shape index (κ3) is 2.37. The van der Waals surface area contributed by atoms with Gasteiger partial charge in [-0.25, -0.2) is 0 Å². The largest absolute Gasteiger partial charge is 0.480 e. The lowest BCUT2D eigenvalue weighted by atomic mass is 10.1. The predicted octanol–water partition coefficient (Wildman–Crippen LogP) is 0.540. The van der Waals surface area contributed by atoms with Crippen LogP contribution in [0.2, 0.25) is 0 Å². The van der Waals surface area contributed by atoms with Crippen LogP contribution in [0.25, 0.3) is 0 Å². The average Bonchev–Trinajstić information content (AvgIpc) is 2.31. The lowest BCUT2D eigenvalue weighted by Crippen LogP contribution is -2.42. The normalized spacial score (nSPS) is 19.2. The molecule has 0 bridgehead atoms. The number of nitrogens with zero attached hydrogens (tertiary/aromatic N) is 2. The van der Waals surface area contributed by atoms with Gasteiger partial charge in [-0.15, -0.1) is 0 Å². The number of carboxylic acids is 1. The highest BCUT2D eigenvalue weighted by molar-refractivity contribution is 5.75. The maximum Gasteiger partial charge on any atom is 0.325 e. The van der Waals surface area contributed by atoms with Gasteiger partial charge in [0.05, 0.1) is 13.2 Å². The summed E-state index contributed by atoms with van der Waals surface area (Å²) in [6, 6.07) is 2.90. The van der Waals surface area contributed by atoms with Crippen LogP contribution in [0.4, 0.5) is 0 Å². The minimum Gasteiger partial charge on any atom is -0.480 e. The van der Waals surface area contributed by atoms with Gasteiger partial charge in [-0.2, -0.15) is 0 Å². The van der Waals surface area contributed by atoms with E-state index in [4.69, 9.17) is 4.74 Å². The molecule has 1 N–H and O–H groups in total. The fourth-order valence-corrected chi connectivity index (χ4v) is 1.89. The molecule has 1 aliphatic rings. The number of hydrogen-bond donors (Lipinski definition) is 1. The molecule has 2 rings (SSSR count). The summed E-state index contributed by atoms with van der Waals surface area (Å²) < 4.78 is 5.22.